The lowest BCUT2D eigenvalue weighted by molar-refractivity contribution is 0.588. The number of hydrogen-bond acceptors (Lipinski definition) is 2. The normalized spacial score (nSPS) is 12.4. The molecule has 90 valence electrons. The van der Waals surface area contributed by atoms with Gasteiger partial charge in [0.2, 0.25) is 0 Å². The number of sulfone groups is 1. The number of benzene rings is 1. The molecule has 1 atom stereocenters. The molecule has 1 rings (SSSR count). The van der Waals surface area contributed by atoms with Crippen molar-refractivity contribution in [1.82, 2.24) is 0 Å². The highest BCUT2D eigenvalue weighted by Gasteiger charge is 2.34. The smallest absolute Gasteiger partial charge is 0.215 e. The van der Waals surface area contributed by atoms with Gasteiger partial charge < -0.3 is 0 Å². The van der Waals surface area contributed by atoms with Crippen LogP contribution in [0.3, 0.4) is 0 Å². The maximum absolute atomic E-state index is 12.2. The molecule has 0 aliphatic carbocycles. The van der Waals surface area contributed by atoms with Gasteiger partial charge in [-0.05, 0) is 19.1 Å². The zero-order chi connectivity index (χ0) is 12.9. The maximum Gasteiger partial charge on any atom is 0.376 e. The summed E-state index contributed by atoms with van der Waals surface area (Å²) < 4.78 is 24.5. The topological polar surface area (TPSA) is 38.5 Å². The summed E-state index contributed by atoms with van der Waals surface area (Å²) >= 11 is 0. The quantitative estimate of drug-likeness (QED) is 0.770. The molecular formula is C13H16NO2S+. The van der Waals surface area contributed by atoms with Crippen LogP contribution >= 0.6 is 0 Å². The standard InChI is InChI=1S/C13H16NO2S/c1-4-6-13(14-5-2)17(15,16)12-9-7-11(3)8-10-12/h4,7-10,13H,1,6H2,2-3H3/q+1. The van der Waals surface area contributed by atoms with Crippen molar-refractivity contribution < 1.29 is 8.42 Å². The number of aryl methyl sites for hydroxylation is 1. The minimum atomic E-state index is -3.44. The first-order chi connectivity index (χ1) is 8.02. The molecule has 1 aromatic carbocycles. The van der Waals surface area contributed by atoms with E-state index in [4.69, 9.17) is 0 Å². The summed E-state index contributed by atoms with van der Waals surface area (Å²) in [5.41, 5.74) is 1.02. The van der Waals surface area contributed by atoms with E-state index in [1.165, 1.54) is 0 Å². The molecule has 0 fully saturated rings. The number of nitrogens with zero attached hydrogens (tertiary/aromatic N) is 1. The van der Waals surface area contributed by atoms with E-state index in [-0.39, 0.29) is 11.3 Å². The molecule has 0 bridgehead atoms. The first-order valence-corrected chi connectivity index (χ1v) is 6.85. The summed E-state index contributed by atoms with van der Waals surface area (Å²) in [4.78, 5) is 4.16. The van der Waals surface area contributed by atoms with Crippen molar-refractivity contribution >= 4 is 9.84 Å². The van der Waals surface area contributed by atoms with Gasteiger partial charge in [0.05, 0.1) is 18.2 Å². The summed E-state index contributed by atoms with van der Waals surface area (Å²) in [5, 5.41) is -0.826. The van der Waals surface area contributed by atoms with Gasteiger partial charge in [-0.25, -0.2) is 8.42 Å². The Morgan fingerprint density at radius 2 is 2.00 bits per heavy atom. The second-order valence-corrected chi connectivity index (χ2v) is 5.80. The Hall–Kier alpha value is -1.60. The molecule has 0 spiro atoms. The first-order valence-electron chi connectivity index (χ1n) is 5.30. The van der Waals surface area contributed by atoms with Crippen LogP contribution < -0.4 is 0 Å². The predicted molar refractivity (Wildman–Crippen MR) is 69.9 cm³/mol. The number of rotatable bonds is 4. The monoisotopic (exact) mass is 250 g/mol. The van der Waals surface area contributed by atoms with E-state index < -0.39 is 15.2 Å². The van der Waals surface area contributed by atoms with Crippen molar-refractivity contribution in [3.8, 4) is 6.07 Å². The van der Waals surface area contributed by atoms with Crippen molar-refractivity contribution in [2.75, 3.05) is 0 Å². The van der Waals surface area contributed by atoms with Crippen molar-refractivity contribution in [3.05, 3.63) is 47.3 Å². The van der Waals surface area contributed by atoms with E-state index in [0.29, 0.717) is 0 Å². The zero-order valence-corrected chi connectivity index (χ0v) is 10.9. The Kier molecular flexibility index (Phi) is 4.47. The van der Waals surface area contributed by atoms with Gasteiger partial charge >= 0.3 is 5.37 Å². The van der Waals surface area contributed by atoms with Crippen molar-refractivity contribution in [2.24, 2.45) is 0 Å². The van der Waals surface area contributed by atoms with Gasteiger partial charge in [0.1, 0.15) is 0 Å². The molecule has 1 unspecified atom stereocenters. The summed E-state index contributed by atoms with van der Waals surface area (Å²) in [6.45, 7) is 7.05. The molecule has 0 aromatic heterocycles. The average Bonchev–Trinajstić information content (AvgIpc) is 2.29. The molecule has 0 aliphatic rings. The summed E-state index contributed by atoms with van der Waals surface area (Å²) in [6.07, 6.45) is 1.84. The van der Waals surface area contributed by atoms with Crippen molar-refractivity contribution in [1.29, 1.82) is 0 Å². The maximum atomic E-state index is 12.2. The van der Waals surface area contributed by atoms with Crippen LogP contribution in [0.5, 0.6) is 0 Å². The lowest BCUT2D eigenvalue weighted by Gasteiger charge is -2.03. The average molecular weight is 250 g/mol. The molecule has 0 aliphatic heterocycles. The van der Waals surface area contributed by atoms with Gasteiger partial charge in [0, 0.05) is 0 Å². The van der Waals surface area contributed by atoms with Crippen LogP contribution in [0.1, 0.15) is 18.9 Å². The summed E-state index contributed by atoms with van der Waals surface area (Å²) in [6, 6.07) is 9.29. The van der Waals surface area contributed by atoms with Gasteiger partial charge in [-0.1, -0.05) is 28.6 Å². The third-order valence-electron chi connectivity index (χ3n) is 2.35. The fourth-order valence-corrected chi connectivity index (χ4v) is 2.88. The highest BCUT2D eigenvalue weighted by Crippen LogP contribution is 2.20. The molecule has 3 nitrogen and oxygen atoms in total. The van der Waals surface area contributed by atoms with Gasteiger partial charge in [-0.3, -0.25) is 0 Å². The summed E-state index contributed by atoms with van der Waals surface area (Å²) in [5.74, 6) is 0. The van der Waals surface area contributed by atoms with E-state index in [9.17, 15) is 8.42 Å². The Bertz CT molecular complexity index is 547. The largest absolute Gasteiger partial charge is 0.376 e. The van der Waals surface area contributed by atoms with Crippen LogP contribution in [0.15, 0.2) is 41.8 Å². The third kappa shape index (κ3) is 3.18. The van der Waals surface area contributed by atoms with Crippen molar-refractivity contribution in [3.63, 3.8) is 0 Å². The zero-order valence-electron chi connectivity index (χ0n) is 10.1. The fraction of sp³-hybridized carbons (Fsp3) is 0.308. The second-order valence-electron chi connectivity index (χ2n) is 3.69. The van der Waals surface area contributed by atoms with Gasteiger partial charge in [-0.2, -0.15) is 0 Å². The molecule has 0 amide bonds. The molecule has 0 heterocycles. The highest BCUT2D eigenvalue weighted by molar-refractivity contribution is 7.92. The Balaban J connectivity index is 3.19. The molecule has 0 saturated carbocycles. The molecule has 0 saturated heterocycles. The van der Waals surface area contributed by atoms with Crippen LogP contribution in [0.25, 0.3) is 4.85 Å². The molecular weight excluding hydrogens is 234 g/mol. The van der Waals surface area contributed by atoms with Crippen LogP contribution in [0.2, 0.25) is 0 Å². The van der Waals surface area contributed by atoms with Crippen LogP contribution in [0, 0.1) is 13.0 Å². The van der Waals surface area contributed by atoms with Crippen LogP contribution in [-0.2, 0) is 9.84 Å². The van der Waals surface area contributed by atoms with E-state index in [0.717, 1.165) is 5.56 Å². The SMILES string of the molecule is C=CCC([N+]#CC)S(=O)(=O)c1ccc(C)cc1. The van der Waals surface area contributed by atoms with Gasteiger partial charge in [0.25, 0.3) is 15.9 Å². The fourth-order valence-electron chi connectivity index (χ4n) is 1.42. The summed E-state index contributed by atoms with van der Waals surface area (Å²) in [7, 11) is -3.44. The van der Waals surface area contributed by atoms with Crippen LogP contribution in [-0.4, -0.2) is 13.8 Å². The highest BCUT2D eigenvalue weighted by atomic mass is 32.2. The van der Waals surface area contributed by atoms with E-state index in [1.54, 1.807) is 37.3 Å². The first kappa shape index (κ1) is 13.5. The predicted octanol–water partition coefficient (Wildman–Crippen LogP) is 3.02. The lowest BCUT2D eigenvalue weighted by Crippen LogP contribution is -2.17. The third-order valence-corrected chi connectivity index (χ3v) is 4.29. The van der Waals surface area contributed by atoms with Gasteiger partial charge in [-0.15, -0.1) is 6.58 Å². The minimum absolute atomic E-state index is 0.286. The van der Waals surface area contributed by atoms with Crippen LogP contribution in [0.4, 0.5) is 0 Å². The minimum Gasteiger partial charge on any atom is -0.215 e. The Morgan fingerprint density at radius 3 is 2.47 bits per heavy atom. The molecule has 17 heavy (non-hydrogen) atoms. The molecule has 0 N–H and O–H groups in total. The lowest BCUT2D eigenvalue weighted by atomic mass is 10.2. The number of hydrogen-bond donors (Lipinski definition) is 0. The van der Waals surface area contributed by atoms with Crippen molar-refractivity contribution in [2.45, 2.75) is 30.5 Å². The van der Waals surface area contributed by atoms with E-state index in [1.807, 2.05) is 6.92 Å². The van der Waals surface area contributed by atoms with E-state index in [2.05, 4.69) is 17.5 Å². The Morgan fingerprint density at radius 1 is 1.41 bits per heavy atom. The Labute approximate surface area is 103 Å². The molecule has 0 radical (unpaired) electrons. The molecule has 4 heteroatoms. The van der Waals surface area contributed by atoms with Gasteiger partial charge in [0.15, 0.2) is 0 Å². The van der Waals surface area contributed by atoms with E-state index >= 15 is 0 Å². The molecule has 1 aromatic rings. The second kappa shape index (κ2) is 5.65.